The molecule has 0 bridgehead atoms. The van der Waals surface area contributed by atoms with Crippen LogP contribution in [0.3, 0.4) is 0 Å². The number of carbonyl (C=O) groups excluding carboxylic acids is 1. The number of benzene rings is 1. The minimum absolute atomic E-state index is 0.142. The van der Waals surface area contributed by atoms with Crippen LogP contribution in [0.2, 0.25) is 0 Å². The first-order chi connectivity index (χ1) is 8.74. The topological polar surface area (TPSA) is 38.8 Å². The van der Waals surface area contributed by atoms with Crippen molar-refractivity contribution in [2.24, 2.45) is 0 Å². The molecule has 1 aromatic carbocycles. The molecule has 7 heteroatoms. The van der Waals surface area contributed by atoms with Crippen LogP contribution in [0.1, 0.15) is 17.3 Å². The molecular formula is C12H14F3NO3. The third kappa shape index (κ3) is 4.35. The Kier molecular flexibility index (Phi) is 4.63. The molecule has 0 aromatic heterocycles. The predicted octanol–water partition coefficient (Wildman–Crippen LogP) is 2.83. The van der Waals surface area contributed by atoms with Gasteiger partial charge in [0.05, 0.1) is 17.9 Å². The molecule has 0 aliphatic rings. The number of carbonyl (C=O) groups is 1. The summed E-state index contributed by atoms with van der Waals surface area (Å²) in [5.74, 6) is -0.963. The maximum atomic E-state index is 12.2. The van der Waals surface area contributed by atoms with Crippen LogP contribution in [-0.4, -0.2) is 33.0 Å². The molecule has 0 aliphatic heterocycles. The predicted molar refractivity (Wildman–Crippen MR) is 63.4 cm³/mol. The Morgan fingerprint density at radius 2 is 1.95 bits per heavy atom. The molecule has 0 aliphatic carbocycles. The van der Waals surface area contributed by atoms with Gasteiger partial charge in [-0.05, 0) is 25.1 Å². The van der Waals surface area contributed by atoms with Gasteiger partial charge in [0, 0.05) is 14.1 Å². The van der Waals surface area contributed by atoms with Crippen LogP contribution in [0.15, 0.2) is 18.2 Å². The standard InChI is InChI=1S/C12H14F3NO3/c1-4-18-11(17)8-5-6-10(19-12(13,14)15)9(7-8)16(2)3/h5-7H,4H2,1-3H3. The Labute approximate surface area is 108 Å². The van der Waals surface area contributed by atoms with Gasteiger partial charge in [-0.25, -0.2) is 4.79 Å². The minimum Gasteiger partial charge on any atom is -0.462 e. The molecule has 19 heavy (non-hydrogen) atoms. The fourth-order valence-corrected chi connectivity index (χ4v) is 1.42. The van der Waals surface area contributed by atoms with E-state index in [-0.39, 0.29) is 23.6 Å². The molecule has 0 heterocycles. The number of halogens is 3. The van der Waals surface area contributed by atoms with Gasteiger partial charge in [0.25, 0.3) is 0 Å². The molecule has 0 spiro atoms. The van der Waals surface area contributed by atoms with Gasteiger partial charge >= 0.3 is 12.3 Å². The molecular weight excluding hydrogens is 263 g/mol. The van der Waals surface area contributed by atoms with E-state index in [4.69, 9.17) is 4.74 Å². The SMILES string of the molecule is CCOC(=O)c1ccc(OC(F)(F)F)c(N(C)C)c1. The number of ether oxygens (including phenoxy) is 2. The normalized spacial score (nSPS) is 11.1. The lowest BCUT2D eigenvalue weighted by Crippen LogP contribution is -2.20. The summed E-state index contributed by atoms with van der Waals surface area (Å²) < 4.78 is 45.4. The molecule has 4 nitrogen and oxygen atoms in total. The first-order valence-electron chi connectivity index (χ1n) is 5.49. The minimum atomic E-state index is -4.78. The maximum Gasteiger partial charge on any atom is 0.573 e. The Balaban J connectivity index is 3.11. The van der Waals surface area contributed by atoms with Crippen LogP contribution in [0.5, 0.6) is 5.75 Å². The fourth-order valence-electron chi connectivity index (χ4n) is 1.42. The number of rotatable bonds is 4. The number of hydrogen-bond acceptors (Lipinski definition) is 4. The van der Waals surface area contributed by atoms with Gasteiger partial charge in [0.1, 0.15) is 0 Å². The van der Waals surface area contributed by atoms with Crippen molar-refractivity contribution >= 4 is 11.7 Å². The second kappa shape index (κ2) is 5.81. The van der Waals surface area contributed by atoms with E-state index < -0.39 is 12.3 Å². The van der Waals surface area contributed by atoms with Crippen LogP contribution in [0.25, 0.3) is 0 Å². The van der Waals surface area contributed by atoms with E-state index in [0.29, 0.717) is 0 Å². The summed E-state index contributed by atoms with van der Waals surface area (Å²) in [5, 5.41) is 0. The summed E-state index contributed by atoms with van der Waals surface area (Å²) in [6.07, 6.45) is -4.78. The van der Waals surface area contributed by atoms with Crippen molar-refractivity contribution in [1.82, 2.24) is 0 Å². The zero-order chi connectivity index (χ0) is 14.6. The molecule has 1 rings (SSSR count). The van der Waals surface area contributed by atoms with Crippen molar-refractivity contribution in [1.29, 1.82) is 0 Å². The van der Waals surface area contributed by atoms with Crippen LogP contribution in [0, 0.1) is 0 Å². The molecule has 0 unspecified atom stereocenters. The molecule has 0 saturated heterocycles. The Bertz CT molecular complexity index is 458. The molecule has 1 aromatic rings. The monoisotopic (exact) mass is 277 g/mol. The number of nitrogens with zero attached hydrogens (tertiary/aromatic N) is 1. The molecule has 0 fully saturated rings. The summed E-state index contributed by atoms with van der Waals surface area (Å²) >= 11 is 0. The van der Waals surface area contributed by atoms with Crippen molar-refractivity contribution in [3.63, 3.8) is 0 Å². The van der Waals surface area contributed by atoms with Crippen LogP contribution >= 0.6 is 0 Å². The molecule has 0 radical (unpaired) electrons. The van der Waals surface area contributed by atoms with Crippen LogP contribution in [-0.2, 0) is 4.74 Å². The van der Waals surface area contributed by atoms with Gasteiger partial charge in [-0.1, -0.05) is 0 Å². The molecule has 0 N–H and O–H groups in total. The zero-order valence-electron chi connectivity index (χ0n) is 10.7. The van der Waals surface area contributed by atoms with E-state index in [1.165, 1.54) is 17.0 Å². The molecule has 0 atom stereocenters. The van der Waals surface area contributed by atoms with Crippen molar-refractivity contribution in [3.05, 3.63) is 23.8 Å². The van der Waals surface area contributed by atoms with E-state index in [1.807, 2.05) is 0 Å². The van der Waals surface area contributed by atoms with E-state index >= 15 is 0 Å². The van der Waals surface area contributed by atoms with Crippen LogP contribution in [0.4, 0.5) is 18.9 Å². The molecule has 0 amide bonds. The fraction of sp³-hybridized carbons (Fsp3) is 0.417. The second-order valence-corrected chi connectivity index (χ2v) is 3.85. The summed E-state index contributed by atoms with van der Waals surface area (Å²) in [7, 11) is 3.10. The van der Waals surface area contributed by atoms with E-state index in [9.17, 15) is 18.0 Å². The Morgan fingerprint density at radius 3 is 2.42 bits per heavy atom. The first-order valence-corrected chi connectivity index (χ1v) is 5.49. The lowest BCUT2D eigenvalue weighted by molar-refractivity contribution is -0.274. The quantitative estimate of drug-likeness (QED) is 0.793. The third-order valence-corrected chi connectivity index (χ3v) is 2.18. The highest BCUT2D eigenvalue weighted by Gasteiger charge is 2.32. The van der Waals surface area contributed by atoms with Crippen molar-refractivity contribution in [2.45, 2.75) is 13.3 Å². The average Bonchev–Trinajstić information content (AvgIpc) is 2.27. The van der Waals surface area contributed by atoms with E-state index in [0.717, 1.165) is 6.07 Å². The summed E-state index contributed by atoms with van der Waals surface area (Å²) in [4.78, 5) is 12.9. The second-order valence-electron chi connectivity index (χ2n) is 3.85. The maximum absolute atomic E-state index is 12.2. The van der Waals surface area contributed by atoms with Gasteiger partial charge in [-0.3, -0.25) is 0 Å². The first kappa shape index (κ1) is 15.1. The van der Waals surface area contributed by atoms with Gasteiger partial charge in [-0.15, -0.1) is 13.2 Å². The Morgan fingerprint density at radius 1 is 1.32 bits per heavy atom. The average molecular weight is 277 g/mol. The number of anilines is 1. The van der Waals surface area contributed by atoms with Crippen molar-refractivity contribution < 1.29 is 27.4 Å². The number of esters is 1. The van der Waals surface area contributed by atoms with Crippen LogP contribution < -0.4 is 9.64 Å². The summed E-state index contributed by atoms with van der Waals surface area (Å²) in [5.41, 5.74) is 0.308. The summed E-state index contributed by atoms with van der Waals surface area (Å²) in [6, 6.07) is 3.61. The van der Waals surface area contributed by atoms with Crippen molar-refractivity contribution in [3.8, 4) is 5.75 Å². The van der Waals surface area contributed by atoms with Gasteiger partial charge < -0.3 is 14.4 Å². The zero-order valence-corrected chi connectivity index (χ0v) is 10.7. The van der Waals surface area contributed by atoms with Gasteiger partial charge in [0.2, 0.25) is 0 Å². The molecule has 0 saturated carbocycles. The Hall–Kier alpha value is -1.92. The third-order valence-electron chi connectivity index (χ3n) is 2.18. The van der Waals surface area contributed by atoms with Gasteiger partial charge in [0.15, 0.2) is 5.75 Å². The lowest BCUT2D eigenvalue weighted by Gasteiger charge is -2.19. The highest BCUT2D eigenvalue weighted by Crippen LogP contribution is 2.32. The largest absolute Gasteiger partial charge is 0.573 e. The van der Waals surface area contributed by atoms with Crippen molar-refractivity contribution in [2.75, 3.05) is 25.6 Å². The molecule has 106 valence electrons. The number of hydrogen-bond donors (Lipinski definition) is 0. The lowest BCUT2D eigenvalue weighted by atomic mass is 10.2. The van der Waals surface area contributed by atoms with E-state index in [2.05, 4.69) is 4.74 Å². The number of alkyl halides is 3. The van der Waals surface area contributed by atoms with Gasteiger partial charge in [-0.2, -0.15) is 0 Å². The van der Waals surface area contributed by atoms with E-state index in [1.54, 1.807) is 21.0 Å². The highest BCUT2D eigenvalue weighted by molar-refractivity contribution is 5.91. The summed E-state index contributed by atoms with van der Waals surface area (Å²) in [6.45, 7) is 1.84. The highest BCUT2D eigenvalue weighted by atomic mass is 19.4. The smallest absolute Gasteiger partial charge is 0.462 e.